The summed E-state index contributed by atoms with van der Waals surface area (Å²) < 4.78 is 6.73. The van der Waals surface area contributed by atoms with E-state index in [0.29, 0.717) is 30.4 Å². The number of rotatable bonds is 8. The Kier molecular flexibility index (Phi) is 6.28. The van der Waals surface area contributed by atoms with Crippen LogP contribution in [0, 0.1) is 0 Å². The van der Waals surface area contributed by atoms with Gasteiger partial charge in [0.2, 0.25) is 5.78 Å². The highest BCUT2D eigenvalue weighted by molar-refractivity contribution is 6.33. The highest BCUT2D eigenvalue weighted by Crippen LogP contribution is 2.15. The molecule has 1 aromatic rings. The van der Waals surface area contributed by atoms with Crippen molar-refractivity contribution in [1.82, 2.24) is 14.7 Å². The molecule has 0 aliphatic rings. The Hall–Kier alpha value is -0.950. The highest BCUT2D eigenvalue weighted by atomic mass is 35.5. The molecule has 2 N–H and O–H groups in total. The zero-order valence-corrected chi connectivity index (χ0v) is 11.5. The topological polar surface area (TPSA) is 73.4 Å². The van der Waals surface area contributed by atoms with Crippen molar-refractivity contribution < 1.29 is 9.53 Å². The molecule has 0 saturated carbocycles. The van der Waals surface area contributed by atoms with Crippen molar-refractivity contribution in [2.24, 2.45) is 5.73 Å². The van der Waals surface area contributed by atoms with Gasteiger partial charge in [-0.25, -0.2) is 0 Å². The fourth-order valence-corrected chi connectivity index (χ4v) is 1.67. The third-order valence-corrected chi connectivity index (χ3v) is 2.59. The van der Waals surface area contributed by atoms with Crippen molar-refractivity contribution in [2.75, 3.05) is 40.4 Å². The molecule has 0 bridgehead atoms. The largest absolute Gasteiger partial charge is 0.372 e. The Morgan fingerprint density at radius 3 is 2.94 bits per heavy atom. The van der Waals surface area contributed by atoms with Gasteiger partial charge in [-0.05, 0) is 14.1 Å². The summed E-state index contributed by atoms with van der Waals surface area (Å²) in [4.78, 5) is 14.0. The molecule has 6 nitrogen and oxygen atoms in total. The molecule has 0 spiro atoms. The van der Waals surface area contributed by atoms with Gasteiger partial charge in [-0.3, -0.25) is 9.48 Å². The quantitative estimate of drug-likeness (QED) is 0.544. The molecule has 1 heterocycles. The molecule has 1 aromatic heterocycles. The maximum absolute atomic E-state index is 11.9. The Morgan fingerprint density at radius 1 is 1.61 bits per heavy atom. The van der Waals surface area contributed by atoms with Gasteiger partial charge in [0.15, 0.2) is 0 Å². The van der Waals surface area contributed by atoms with Crippen LogP contribution in [0.1, 0.15) is 10.5 Å². The van der Waals surface area contributed by atoms with Crippen molar-refractivity contribution >= 4 is 17.4 Å². The van der Waals surface area contributed by atoms with Gasteiger partial charge >= 0.3 is 0 Å². The molecule has 0 aliphatic heterocycles. The molecule has 0 fully saturated rings. The normalized spacial score (nSPS) is 11.2. The van der Waals surface area contributed by atoms with Crippen LogP contribution in [-0.2, 0) is 11.3 Å². The number of hydrogen-bond donors (Lipinski definition) is 1. The first-order valence-corrected chi connectivity index (χ1v) is 6.11. The minimum absolute atomic E-state index is 0.0232. The van der Waals surface area contributed by atoms with E-state index in [2.05, 4.69) is 5.10 Å². The van der Waals surface area contributed by atoms with Crippen molar-refractivity contribution in [2.45, 2.75) is 6.54 Å². The van der Waals surface area contributed by atoms with Crippen molar-refractivity contribution in [3.8, 4) is 0 Å². The van der Waals surface area contributed by atoms with Crippen LogP contribution in [0.25, 0.3) is 0 Å². The minimum atomic E-state index is -0.176. The predicted molar refractivity (Wildman–Crippen MR) is 70.0 cm³/mol. The zero-order chi connectivity index (χ0) is 13.5. The molecule has 18 heavy (non-hydrogen) atoms. The predicted octanol–water partition coefficient (Wildman–Crippen LogP) is 0.256. The van der Waals surface area contributed by atoms with Gasteiger partial charge in [-0.1, -0.05) is 11.6 Å². The first-order valence-electron chi connectivity index (χ1n) is 5.73. The summed E-state index contributed by atoms with van der Waals surface area (Å²) in [5, 5.41) is 4.45. The van der Waals surface area contributed by atoms with Crippen molar-refractivity contribution in [1.29, 1.82) is 0 Å². The van der Waals surface area contributed by atoms with Crippen LogP contribution in [0.4, 0.5) is 0 Å². The van der Waals surface area contributed by atoms with Crippen LogP contribution in [0.3, 0.4) is 0 Å². The summed E-state index contributed by atoms with van der Waals surface area (Å²) in [6, 6.07) is 0. The standard InChI is InChI=1S/C11H19ClN4O2/c1-15(2)4-5-16-11(9(12)7-14-16)10(17)8-18-6-3-13/h7H,3-6,8,13H2,1-2H3. The zero-order valence-electron chi connectivity index (χ0n) is 10.7. The fourth-order valence-electron chi connectivity index (χ4n) is 1.42. The van der Waals surface area contributed by atoms with Crippen molar-refractivity contribution in [3.05, 3.63) is 16.9 Å². The number of carbonyl (C=O) groups excluding carboxylic acids is 1. The maximum Gasteiger partial charge on any atom is 0.207 e. The van der Waals surface area contributed by atoms with Crippen LogP contribution >= 0.6 is 11.6 Å². The lowest BCUT2D eigenvalue weighted by Gasteiger charge is -2.11. The van der Waals surface area contributed by atoms with E-state index in [1.807, 2.05) is 19.0 Å². The summed E-state index contributed by atoms with van der Waals surface area (Å²) in [6.07, 6.45) is 1.48. The average Bonchev–Trinajstić information content (AvgIpc) is 2.68. The maximum atomic E-state index is 11.9. The molecule has 7 heteroatoms. The first kappa shape index (κ1) is 15.1. The number of hydrogen-bond acceptors (Lipinski definition) is 5. The van der Waals surface area contributed by atoms with Gasteiger partial charge < -0.3 is 15.4 Å². The molecule has 0 aromatic carbocycles. The molecule has 0 unspecified atom stereocenters. The molecule has 102 valence electrons. The number of carbonyl (C=O) groups is 1. The van der Waals surface area contributed by atoms with E-state index in [0.717, 1.165) is 6.54 Å². The Morgan fingerprint density at radius 2 is 2.33 bits per heavy atom. The van der Waals surface area contributed by atoms with Gasteiger partial charge in [-0.2, -0.15) is 5.10 Å². The first-order chi connectivity index (χ1) is 8.56. The van der Waals surface area contributed by atoms with E-state index in [1.54, 1.807) is 4.68 Å². The average molecular weight is 275 g/mol. The SMILES string of the molecule is CN(C)CCn1ncc(Cl)c1C(=O)COCCN. The summed E-state index contributed by atoms with van der Waals surface area (Å²) in [5.41, 5.74) is 5.69. The number of ether oxygens (including phenoxy) is 1. The van der Waals surface area contributed by atoms with Gasteiger partial charge in [0.1, 0.15) is 12.3 Å². The monoisotopic (exact) mass is 274 g/mol. The Balaban J connectivity index is 2.67. The second kappa shape index (κ2) is 7.48. The lowest BCUT2D eigenvalue weighted by Crippen LogP contribution is -2.23. The number of nitrogens with two attached hydrogens (primary N) is 1. The summed E-state index contributed by atoms with van der Waals surface area (Å²) >= 11 is 5.97. The summed E-state index contributed by atoms with van der Waals surface area (Å²) in [6.45, 7) is 2.11. The summed E-state index contributed by atoms with van der Waals surface area (Å²) in [7, 11) is 3.91. The Labute approximate surface area is 112 Å². The van der Waals surface area contributed by atoms with Gasteiger partial charge in [0, 0.05) is 13.1 Å². The van der Waals surface area contributed by atoms with E-state index >= 15 is 0 Å². The third kappa shape index (κ3) is 4.38. The van der Waals surface area contributed by atoms with Gasteiger partial charge in [0.25, 0.3) is 0 Å². The van der Waals surface area contributed by atoms with E-state index in [-0.39, 0.29) is 12.4 Å². The van der Waals surface area contributed by atoms with Crippen LogP contribution < -0.4 is 5.73 Å². The molecule has 1 rings (SSSR count). The van der Waals surface area contributed by atoms with E-state index < -0.39 is 0 Å². The molecule has 0 atom stereocenters. The molecule has 0 aliphatic carbocycles. The lowest BCUT2D eigenvalue weighted by atomic mass is 10.3. The van der Waals surface area contributed by atoms with Crippen LogP contribution in [0.15, 0.2) is 6.20 Å². The third-order valence-electron chi connectivity index (χ3n) is 2.31. The molecule has 0 saturated heterocycles. The second-order valence-corrected chi connectivity index (χ2v) is 4.54. The number of halogens is 1. The molecule has 0 radical (unpaired) electrons. The second-order valence-electron chi connectivity index (χ2n) is 4.13. The van der Waals surface area contributed by atoms with E-state index in [9.17, 15) is 4.79 Å². The van der Waals surface area contributed by atoms with Crippen molar-refractivity contribution in [3.63, 3.8) is 0 Å². The van der Waals surface area contributed by atoms with Gasteiger partial charge in [0.05, 0.1) is 24.4 Å². The van der Waals surface area contributed by atoms with E-state index in [4.69, 9.17) is 22.1 Å². The Bertz CT molecular complexity index is 392. The number of Topliss-reactive ketones (excluding diaryl/α,β-unsaturated/α-hetero) is 1. The van der Waals surface area contributed by atoms with Crippen LogP contribution in [-0.4, -0.2) is 60.9 Å². The number of aromatic nitrogens is 2. The van der Waals surface area contributed by atoms with E-state index in [1.165, 1.54) is 6.20 Å². The van der Waals surface area contributed by atoms with Crippen LogP contribution in [0.5, 0.6) is 0 Å². The van der Waals surface area contributed by atoms with Gasteiger partial charge in [-0.15, -0.1) is 0 Å². The molecular formula is C11H19ClN4O2. The fraction of sp³-hybridized carbons (Fsp3) is 0.636. The number of likely N-dealkylation sites (N-methyl/N-ethyl adjacent to an activating group) is 1. The summed E-state index contributed by atoms with van der Waals surface area (Å²) in [5.74, 6) is -0.176. The minimum Gasteiger partial charge on any atom is -0.372 e. The lowest BCUT2D eigenvalue weighted by molar-refractivity contribution is 0.0763. The highest BCUT2D eigenvalue weighted by Gasteiger charge is 2.17. The number of nitrogens with zero attached hydrogens (tertiary/aromatic N) is 3. The smallest absolute Gasteiger partial charge is 0.207 e. The van der Waals surface area contributed by atoms with Crippen LogP contribution in [0.2, 0.25) is 5.02 Å². The molecular weight excluding hydrogens is 256 g/mol. The molecule has 0 amide bonds. The number of ketones is 1.